The number of rotatable bonds is 3. The van der Waals surface area contributed by atoms with Crippen molar-refractivity contribution in [1.82, 2.24) is 15.1 Å². The molecule has 1 saturated heterocycles. The van der Waals surface area contributed by atoms with Crippen molar-refractivity contribution < 1.29 is 27.4 Å². The van der Waals surface area contributed by atoms with E-state index >= 15 is 0 Å². The van der Waals surface area contributed by atoms with Gasteiger partial charge in [-0.05, 0) is 48.5 Å². The van der Waals surface area contributed by atoms with Gasteiger partial charge in [-0.15, -0.1) is 10.2 Å². The fourth-order valence-electron chi connectivity index (χ4n) is 3.82. The maximum atomic E-state index is 12.9. The molecule has 34 heavy (non-hydrogen) atoms. The molecule has 0 atom stereocenters. The van der Waals surface area contributed by atoms with E-state index in [1.165, 1.54) is 12.1 Å². The number of anilines is 2. The van der Waals surface area contributed by atoms with Gasteiger partial charge in [0.05, 0.1) is 11.3 Å². The highest BCUT2D eigenvalue weighted by Gasteiger charge is 2.31. The number of benzene rings is 2. The number of amides is 2. The van der Waals surface area contributed by atoms with E-state index in [0.717, 1.165) is 17.7 Å². The van der Waals surface area contributed by atoms with Crippen molar-refractivity contribution >= 4 is 17.5 Å². The van der Waals surface area contributed by atoms with E-state index in [-0.39, 0.29) is 12.5 Å². The third-order valence-corrected chi connectivity index (χ3v) is 5.65. The largest absolute Gasteiger partial charge is 0.454 e. The van der Waals surface area contributed by atoms with Crippen LogP contribution in [-0.2, 0) is 6.18 Å². The smallest absolute Gasteiger partial charge is 0.416 e. The molecule has 2 aromatic carbocycles. The average Bonchev–Trinajstić information content (AvgIpc) is 3.32. The summed E-state index contributed by atoms with van der Waals surface area (Å²) in [4.78, 5) is 16.1. The van der Waals surface area contributed by atoms with Crippen LogP contribution in [0.2, 0.25) is 0 Å². The lowest BCUT2D eigenvalue weighted by atomic mass is 10.1. The number of aromatic nitrogens is 2. The molecule has 0 aliphatic carbocycles. The summed E-state index contributed by atoms with van der Waals surface area (Å²) in [5.41, 5.74) is 0.852. The maximum Gasteiger partial charge on any atom is 0.416 e. The molecule has 2 aliphatic rings. The molecule has 0 bridgehead atoms. The van der Waals surface area contributed by atoms with E-state index < -0.39 is 17.8 Å². The van der Waals surface area contributed by atoms with Gasteiger partial charge in [0, 0.05) is 37.4 Å². The standard InChI is InChI=1S/C23H20F3N5O3/c24-23(25,26)16-2-1-3-17(13-16)27-22(32)31-10-8-30(9-11-31)21-7-5-18(28-29-21)15-4-6-19-20(12-15)34-14-33-19/h1-7,12-13H,8-11,14H2,(H,27,32). The number of piperazine rings is 1. The molecule has 176 valence electrons. The second kappa shape index (κ2) is 8.73. The first-order valence-electron chi connectivity index (χ1n) is 10.6. The molecule has 3 heterocycles. The summed E-state index contributed by atoms with van der Waals surface area (Å²) in [7, 11) is 0. The van der Waals surface area contributed by atoms with E-state index in [2.05, 4.69) is 15.5 Å². The first kappa shape index (κ1) is 21.8. The Bertz CT molecular complexity index is 1200. The van der Waals surface area contributed by atoms with Gasteiger partial charge < -0.3 is 24.6 Å². The number of nitrogens with one attached hydrogen (secondary N) is 1. The second-order valence-corrected chi connectivity index (χ2v) is 7.83. The Morgan fingerprint density at radius 3 is 2.44 bits per heavy atom. The summed E-state index contributed by atoms with van der Waals surface area (Å²) in [6.07, 6.45) is -4.47. The molecular weight excluding hydrogens is 451 g/mol. The molecule has 2 aliphatic heterocycles. The summed E-state index contributed by atoms with van der Waals surface area (Å²) in [6.45, 7) is 2.04. The highest BCUT2D eigenvalue weighted by atomic mass is 19.4. The third-order valence-electron chi connectivity index (χ3n) is 5.65. The number of fused-ring (bicyclic) bond motifs is 1. The highest BCUT2D eigenvalue weighted by Crippen LogP contribution is 2.35. The minimum absolute atomic E-state index is 0.104. The zero-order valence-electron chi connectivity index (χ0n) is 17.9. The molecule has 1 N–H and O–H groups in total. The summed E-state index contributed by atoms with van der Waals surface area (Å²) in [6, 6.07) is 13.5. The second-order valence-electron chi connectivity index (χ2n) is 7.83. The molecule has 0 radical (unpaired) electrons. The molecule has 0 spiro atoms. The van der Waals surface area contributed by atoms with Crippen LogP contribution in [0.5, 0.6) is 11.5 Å². The van der Waals surface area contributed by atoms with Gasteiger partial charge in [-0.25, -0.2) is 4.79 Å². The van der Waals surface area contributed by atoms with Gasteiger partial charge in [-0.3, -0.25) is 0 Å². The number of urea groups is 1. The topological polar surface area (TPSA) is 79.8 Å². The van der Waals surface area contributed by atoms with Crippen LogP contribution in [0.25, 0.3) is 11.3 Å². The summed E-state index contributed by atoms with van der Waals surface area (Å²) >= 11 is 0. The zero-order valence-corrected chi connectivity index (χ0v) is 17.9. The summed E-state index contributed by atoms with van der Waals surface area (Å²) < 4.78 is 49.4. The third kappa shape index (κ3) is 4.54. The molecule has 0 unspecified atom stereocenters. The molecule has 3 aromatic rings. The van der Waals surface area contributed by atoms with Crippen LogP contribution >= 0.6 is 0 Å². The van der Waals surface area contributed by atoms with Gasteiger partial charge in [0.25, 0.3) is 0 Å². The molecule has 11 heteroatoms. The predicted octanol–water partition coefficient (Wildman–Crippen LogP) is 4.25. The molecule has 1 aromatic heterocycles. The Labute approximate surface area is 192 Å². The number of nitrogens with zero attached hydrogens (tertiary/aromatic N) is 4. The number of ether oxygens (including phenoxy) is 2. The van der Waals surface area contributed by atoms with Crippen LogP contribution in [0.4, 0.5) is 29.5 Å². The molecule has 2 amide bonds. The summed E-state index contributed by atoms with van der Waals surface area (Å²) in [5, 5.41) is 11.2. The van der Waals surface area contributed by atoms with Crippen molar-refractivity contribution in [2.75, 3.05) is 43.2 Å². The van der Waals surface area contributed by atoms with E-state index in [9.17, 15) is 18.0 Å². The number of carbonyl (C=O) groups is 1. The number of hydrogen-bond donors (Lipinski definition) is 1. The number of carbonyl (C=O) groups excluding carboxylic acids is 1. The lowest BCUT2D eigenvalue weighted by molar-refractivity contribution is -0.137. The summed E-state index contributed by atoms with van der Waals surface area (Å²) in [5.74, 6) is 2.05. The van der Waals surface area contributed by atoms with Crippen LogP contribution in [0, 0.1) is 0 Å². The van der Waals surface area contributed by atoms with Gasteiger partial charge in [-0.2, -0.15) is 13.2 Å². The molecule has 1 fully saturated rings. The Morgan fingerprint density at radius 1 is 0.912 bits per heavy atom. The lowest BCUT2D eigenvalue weighted by Crippen LogP contribution is -2.50. The van der Waals surface area contributed by atoms with Crippen molar-refractivity contribution in [3.63, 3.8) is 0 Å². The van der Waals surface area contributed by atoms with Gasteiger partial charge >= 0.3 is 12.2 Å². The maximum absolute atomic E-state index is 12.9. The van der Waals surface area contributed by atoms with Crippen LogP contribution in [-0.4, -0.2) is 54.1 Å². The first-order chi connectivity index (χ1) is 16.4. The van der Waals surface area contributed by atoms with E-state index in [1.807, 2.05) is 35.2 Å². The number of halogens is 3. The molecule has 8 nitrogen and oxygen atoms in total. The molecular formula is C23H20F3N5O3. The van der Waals surface area contributed by atoms with Gasteiger partial charge in [0.1, 0.15) is 0 Å². The number of alkyl halides is 3. The van der Waals surface area contributed by atoms with Crippen molar-refractivity contribution in [2.45, 2.75) is 6.18 Å². The average molecular weight is 471 g/mol. The van der Waals surface area contributed by atoms with Crippen molar-refractivity contribution in [2.24, 2.45) is 0 Å². The Kier molecular flexibility index (Phi) is 5.60. The Hall–Kier alpha value is -4.02. The van der Waals surface area contributed by atoms with Crippen molar-refractivity contribution in [3.8, 4) is 22.8 Å². The first-order valence-corrected chi connectivity index (χ1v) is 10.6. The zero-order chi connectivity index (χ0) is 23.7. The van der Waals surface area contributed by atoms with Crippen LogP contribution in [0.3, 0.4) is 0 Å². The van der Waals surface area contributed by atoms with Gasteiger partial charge in [0.2, 0.25) is 6.79 Å². The Morgan fingerprint density at radius 2 is 1.71 bits per heavy atom. The minimum atomic E-state index is -4.47. The van der Waals surface area contributed by atoms with Crippen molar-refractivity contribution in [1.29, 1.82) is 0 Å². The van der Waals surface area contributed by atoms with Crippen LogP contribution in [0.1, 0.15) is 5.56 Å². The van der Waals surface area contributed by atoms with E-state index in [4.69, 9.17) is 9.47 Å². The van der Waals surface area contributed by atoms with Crippen molar-refractivity contribution in [3.05, 3.63) is 60.2 Å². The fourth-order valence-corrected chi connectivity index (χ4v) is 3.82. The monoisotopic (exact) mass is 471 g/mol. The lowest BCUT2D eigenvalue weighted by Gasteiger charge is -2.35. The van der Waals surface area contributed by atoms with E-state index in [1.54, 1.807) is 4.90 Å². The number of hydrogen-bond acceptors (Lipinski definition) is 6. The highest BCUT2D eigenvalue weighted by molar-refractivity contribution is 5.89. The van der Waals surface area contributed by atoms with Gasteiger partial charge in [0.15, 0.2) is 17.3 Å². The normalized spacial score (nSPS) is 15.4. The van der Waals surface area contributed by atoms with Crippen LogP contribution in [0.15, 0.2) is 54.6 Å². The predicted molar refractivity (Wildman–Crippen MR) is 118 cm³/mol. The van der Waals surface area contributed by atoms with Gasteiger partial charge in [-0.1, -0.05) is 6.07 Å². The quantitative estimate of drug-likeness (QED) is 0.616. The minimum Gasteiger partial charge on any atom is -0.454 e. The molecule has 0 saturated carbocycles. The van der Waals surface area contributed by atoms with Crippen LogP contribution < -0.4 is 19.7 Å². The SMILES string of the molecule is O=C(Nc1cccc(C(F)(F)F)c1)N1CCN(c2ccc(-c3ccc4c(c3)OCO4)nn2)CC1. The van der Waals surface area contributed by atoms with E-state index in [0.29, 0.717) is 49.2 Å². The molecule has 5 rings (SSSR count). The fraction of sp³-hybridized carbons (Fsp3) is 0.261. The Balaban J connectivity index is 1.18.